The number of aromatic nitrogens is 2. The normalized spacial score (nSPS) is 11.6. The van der Waals surface area contributed by atoms with E-state index in [0.29, 0.717) is 11.4 Å². The van der Waals surface area contributed by atoms with E-state index in [1.54, 1.807) is 4.90 Å². The van der Waals surface area contributed by atoms with Crippen LogP contribution in [-0.2, 0) is 6.42 Å². The molecular formula is C11H19N5O2S. The van der Waals surface area contributed by atoms with Gasteiger partial charge in [0, 0.05) is 6.54 Å². The van der Waals surface area contributed by atoms with Gasteiger partial charge in [0.15, 0.2) is 5.84 Å². The van der Waals surface area contributed by atoms with Crippen LogP contribution in [0.3, 0.4) is 0 Å². The summed E-state index contributed by atoms with van der Waals surface area (Å²) in [6.07, 6.45) is 2.42. The fourth-order valence-electron chi connectivity index (χ4n) is 1.66. The summed E-state index contributed by atoms with van der Waals surface area (Å²) in [5.41, 5.74) is 6.19. The number of aryl methyl sites for hydroxylation is 1. The summed E-state index contributed by atoms with van der Waals surface area (Å²) < 4.78 is 3.84. The van der Waals surface area contributed by atoms with Crippen molar-refractivity contribution in [1.82, 2.24) is 14.5 Å². The molecule has 1 heterocycles. The quantitative estimate of drug-likeness (QED) is 0.338. The average molecular weight is 285 g/mol. The van der Waals surface area contributed by atoms with Gasteiger partial charge in [0.2, 0.25) is 0 Å². The molecule has 8 heteroatoms. The second-order valence-electron chi connectivity index (χ2n) is 4.12. The van der Waals surface area contributed by atoms with Crippen LogP contribution in [-0.4, -0.2) is 44.5 Å². The third kappa shape index (κ3) is 4.16. The summed E-state index contributed by atoms with van der Waals surface area (Å²) >= 11 is 1.09. The predicted octanol–water partition coefficient (Wildman–Crippen LogP) is 1.09. The molecule has 106 valence electrons. The minimum absolute atomic E-state index is 0.0105. The Bertz CT molecular complexity index is 446. The van der Waals surface area contributed by atoms with E-state index in [0.717, 1.165) is 36.5 Å². The lowest BCUT2D eigenvalue weighted by Crippen LogP contribution is -2.39. The Kier molecular flexibility index (Phi) is 6.20. The first kappa shape index (κ1) is 15.4. The number of nitrogens with zero attached hydrogens (tertiary/aromatic N) is 4. The molecule has 0 aliphatic heterocycles. The first-order valence-corrected chi connectivity index (χ1v) is 6.98. The molecule has 0 bridgehead atoms. The van der Waals surface area contributed by atoms with Crippen molar-refractivity contribution in [1.29, 1.82) is 0 Å². The first-order valence-electron chi connectivity index (χ1n) is 6.20. The van der Waals surface area contributed by atoms with Crippen LogP contribution in [0.1, 0.15) is 42.1 Å². The zero-order valence-corrected chi connectivity index (χ0v) is 12.0. The van der Waals surface area contributed by atoms with Gasteiger partial charge in [0.05, 0.1) is 12.2 Å². The molecule has 1 rings (SSSR count). The standard InChI is InChI=1S/C11H19N5O2S/c1-3-5-8-10(19-15-13-8)11(17)16(6-4-2)7-9(12)14-18/h18H,3-7H2,1-2H3,(H2,12,14). The minimum atomic E-state index is -0.160. The number of carbonyl (C=O) groups excluding carboxylic acids is 1. The summed E-state index contributed by atoms with van der Waals surface area (Å²) in [5.74, 6) is -0.150. The van der Waals surface area contributed by atoms with Gasteiger partial charge in [-0.3, -0.25) is 4.79 Å². The lowest BCUT2D eigenvalue weighted by Gasteiger charge is -2.20. The maximum Gasteiger partial charge on any atom is 0.267 e. The fourth-order valence-corrected chi connectivity index (χ4v) is 2.34. The van der Waals surface area contributed by atoms with Crippen molar-refractivity contribution in [2.75, 3.05) is 13.1 Å². The Balaban J connectivity index is 2.89. The highest BCUT2D eigenvalue weighted by Crippen LogP contribution is 2.15. The van der Waals surface area contributed by atoms with E-state index in [9.17, 15) is 4.79 Å². The lowest BCUT2D eigenvalue weighted by molar-refractivity contribution is 0.0781. The summed E-state index contributed by atoms with van der Waals surface area (Å²) in [5, 5.41) is 15.5. The van der Waals surface area contributed by atoms with Crippen molar-refractivity contribution in [3.05, 3.63) is 10.6 Å². The van der Waals surface area contributed by atoms with Crippen LogP contribution in [0.15, 0.2) is 5.16 Å². The van der Waals surface area contributed by atoms with Crippen LogP contribution in [0.4, 0.5) is 0 Å². The Morgan fingerprint density at radius 2 is 2.21 bits per heavy atom. The van der Waals surface area contributed by atoms with Gasteiger partial charge in [-0.05, 0) is 24.4 Å². The Morgan fingerprint density at radius 3 is 2.79 bits per heavy atom. The molecule has 7 nitrogen and oxygen atoms in total. The summed E-state index contributed by atoms with van der Waals surface area (Å²) in [7, 11) is 0. The highest BCUT2D eigenvalue weighted by atomic mass is 32.1. The van der Waals surface area contributed by atoms with Crippen molar-refractivity contribution < 1.29 is 10.0 Å². The smallest absolute Gasteiger partial charge is 0.267 e. The molecular weight excluding hydrogens is 266 g/mol. The topological polar surface area (TPSA) is 105 Å². The number of hydrogen-bond donors (Lipinski definition) is 2. The van der Waals surface area contributed by atoms with Crippen molar-refractivity contribution in [3.63, 3.8) is 0 Å². The molecule has 0 aliphatic carbocycles. The van der Waals surface area contributed by atoms with Crippen LogP contribution in [0.25, 0.3) is 0 Å². The van der Waals surface area contributed by atoms with E-state index in [1.807, 2.05) is 13.8 Å². The molecule has 0 atom stereocenters. The zero-order chi connectivity index (χ0) is 14.3. The third-order valence-electron chi connectivity index (χ3n) is 2.50. The van der Waals surface area contributed by atoms with Crippen molar-refractivity contribution in [3.8, 4) is 0 Å². The molecule has 0 saturated heterocycles. The van der Waals surface area contributed by atoms with Crippen molar-refractivity contribution in [2.24, 2.45) is 10.9 Å². The molecule has 0 aromatic carbocycles. The molecule has 0 unspecified atom stereocenters. The summed E-state index contributed by atoms with van der Waals surface area (Å²) in [4.78, 5) is 14.5. The summed E-state index contributed by atoms with van der Waals surface area (Å²) in [6.45, 7) is 4.63. The molecule has 3 N–H and O–H groups in total. The molecule has 0 saturated carbocycles. The number of hydrogen-bond acceptors (Lipinski definition) is 6. The van der Waals surface area contributed by atoms with Gasteiger partial charge in [0.25, 0.3) is 5.91 Å². The van der Waals surface area contributed by atoms with Gasteiger partial charge >= 0.3 is 0 Å². The lowest BCUT2D eigenvalue weighted by atomic mass is 10.2. The van der Waals surface area contributed by atoms with E-state index in [-0.39, 0.29) is 18.3 Å². The molecule has 0 fully saturated rings. The van der Waals surface area contributed by atoms with Gasteiger partial charge in [-0.15, -0.1) is 5.10 Å². The Labute approximate surface area is 116 Å². The molecule has 0 aliphatic rings. The van der Waals surface area contributed by atoms with E-state index in [2.05, 4.69) is 14.7 Å². The maximum absolute atomic E-state index is 12.4. The number of rotatable bonds is 7. The van der Waals surface area contributed by atoms with E-state index >= 15 is 0 Å². The minimum Gasteiger partial charge on any atom is -0.409 e. The van der Waals surface area contributed by atoms with Crippen LogP contribution in [0.2, 0.25) is 0 Å². The van der Waals surface area contributed by atoms with Gasteiger partial charge < -0.3 is 15.8 Å². The van der Waals surface area contributed by atoms with Gasteiger partial charge in [-0.1, -0.05) is 29.9 Å². The van der Waals surface area contributed by atoms with E-state index < -0.39 is 0 Å². The average Bonchev–Trinajstić information content (AvgIpc) is 2.86. The SMILES string of the molecule is CCCc1nnsc1C(=O)N(CCC)CC(N)=NO. The number of amides is 1. The third-order valence-corrected chi connectivity index (χ3v) is 3.25. The van der Waals surface area contributed by atoms with Crippen LogP contribution >= 0.6 is 11.5 Å². The molecule has 0 radical (unpaired) electrons. The number of carbonyl (C=O) groups is 1. The van der Waals surface area contributed by atoms with Crippen LogP contribution in [0, 0.1) is 0 Å². The molecule has 0 spiro atoms. The van der Waals surface area contributed by atoms with Crippen LogP contribution < -0.4 is 5.73 Å². The summed E-state index contributed by atoms with van der Waals surface area (Å²) in [6, 6.07) is 0. The molecule has 1 amide bonds. The second-order valence-corrected chi connectivity index (χ2v) is 4.87. The van der Waals surface area contributed by atoms with Gasteiger partial charge in [0.1, 0.15) is 4.88 Å². The molecule has 19 heavy (non-hydrogen) atoms. The monoisotopic (exact) mass is 285 g/mol. The molecule has 1 aromatic heterocycles. The number of amidine groups is 1. The number of oxime groups is 1. The van der Waals surface area contributed by atoms with E-state index in [1.165, 1.54) is 0 Å². The van der Waals surface area contributed by atoms with Crippen molar-refractivity contribution >= 4 is 23.3 Å². The molecule has 1 aromatic rings. The van der Waals surface area contributed by atoms with Crippen molar-refractivity contribution in [2.45, 2.75) is 33.1 Å². The maximum atomic E-state index is 12.4. The fraction of sp³-hybridized carbons (Fsp3) is 0.636. The Morgan fingerprint density at radius 1 is 1.47 bits per heavy atom. The highest BCUT2D eigenvalue weighted by molar-refractivity contribution is 7.08. The van der Waals surface area contributed by atoms with Gasteiger partial charge in [-0.25, -0.2) is 0 Å². The highest BCUT2D eigenvalue weighted by Gasteiger charge is 2.22. The zero-order valence-electron chi connectivity index (χ0n) is 11.2. The second kappa shape index (κ2) is 7.67. The van der Waals surface area contributed by atoms with Gasteiger partial charge in [-0.2, -0.15) is 0 Å². The van der Waals surface area contributed by atoms with Crippen LogP contribution in [0.5, 0.6) is 0 Å². The number of nitrogens with two attached hydrogens (primary N) is 1. The largest absolute Gasteiger partial charge is 0.409 e. The predicted molar refractivity (Wildman–Crippen MR) is 73.5 cm³/mol. The van der Waals surface area contributed by atoms with E-state index in [4.69, 9.17) is 10.9 Å². The first-order chi connectivity index (χ1) is 9.13. The Hall–Kier alpha value is -1.70.